The van der Waals surface area contributed by atoms with Crippen molar-refractivity contribution in [1.29, 1.82) is 0 Å². The number of hydrogen-bond acceptors (Lipinski definition) is 5. The molecule has 1 unspecified atom stereocenters. The van der Waals surface area contributed by atoms with Crippen LogP contribution in [-0.2, 0) is 17.9 Å². The van der Waals surface area contributed by atoms with Crippen LogP contribution >= 0.6 is 0 Å². The first-order valence-corrected chi connectivity index (χ1v) is 9.73. The molecule has 2 aromatic rings. The van der Waals surface area contributed by atoms with E-state index in [0.717, 1.165) is 29.8 Å². The Morgan fingerprint density at radius 3 is 2.63 bits per heavy atom. The predicted octanol–water partition coefficient (Wildman–Crippen LogP) is 3.01. The van der Waals surface area contributed by atoms with Crippen LogP contribution in [-0.4, -0.2) is 34.1 Å². The van der Waals surface area contributed by atoms with Gasteiger partial charge in [-0.2, -0.15) is 0 Å². The lowest BCUT2D eigenvalue weighted by Crippen LogP contribution is -2.35. The van der Waals surface area contributed by atoms with Crippen LogP contribution in [0.4, 0.5) is 0 Å². The van der Waals surface area contributed by atoms with Crippen LogP contribution in [0.1, 0.15) is 66.4 Å². The minimum absolute atomic E-state index is 0.108. The fraction of sp³-hybridized carbons (Fsp3) is 0.550. The molecule has 0 bridgehead atoms. The number of aromatic nitrogens is 3. The summed E-state index contributed by atoms with van der Waals surface area (Å²) in [6, 6.07) is 8.06. The molecule has 0 radical (unpaired) electrons. The largest absolute Gasteiger partial charge is 0.497 e. The van der Waals surface area contributed by atoms with Crippen LogP contribution in [0.5, 0.6) is 5.75 Å². The molecule has 144 valence electrons. The van der Waals surface area contributed by atoms with Gasteiger partial charge in [0.1, 0.15) is 11.9 Å². The van der Waals surface area contributed by atoms with Gasteiger partial charge in [-0.3, -0.25) is 4.79 Å². The van der Waals surface area contributed by atoms with E-state index in [1.165, 1.54) is 25.7 Å². The van der Waals surface area contributed by atoms with Crippen LogP contribution in [0.15, 0.2) is 24.3 Å². The third kappa shape index (κ3) is 3.98. The molecule has 4 rings (SSSR count). The first-order valence-electron chi connectivity index (χ1n) is 9.73. The minimum atomic E-state index is -0.130. The molecule has 1 aromatic heterocycles. The molecule has 0 saturated heterocycles. The molecule has 1 aliphatic carbocycles. The number of hydrogen-bond donors (Lipinski definition) is 1. The van der Waals surface area contributed by atoms with Crippen molar-refractivity contribution in [3.05, 3.63) is 41.2 Å². The zero-order chi connectivity index (χ0) is 18.6. The first-order chi connectivity index (χ1) is 13.2. The van der Waals surface area contributed by atoms with E-state index in [1.807, 2.05) is 24.3 Å². The van der Waals surface area contributed by atoms with Crippen molar-refractivity contribution in [2.45, 2.75) is 63.8 Å². The number of carbonyl (C=O) groups is 1. The highest BCUT2D eigenvalue weighted by Crippen LogP contribution is 2.28. The molecule has 1 atom stereocenters. The Balaban J connectivity index is 1.43. The van der Waals surface area contributed by atoms with Gasteiger partial charge >= 0.3 is 0 Å². The van der Waals surface area contributed by atoms with Gasteiger partial charge in [0.25, 0.3) is 5.91 Å². The SMILES string of the molecule is COc1ccc(C2Cn3nnc(C(=O)NC4CCCCCC4)c3CO2)cc1. The Labute approximate surface area is 159 Å². The zero-order valence-corrected chi connectivity index (χ0v) is 15.7. The zero-order valence-electron chi connectivity index (χ0n) is 15.7. The number of fused-ring (bicyclic) bond motifs is 1. The maximum absolute atomic E-state index is 12.7. The normalized spacial score (nSPS) is 20.6. The van der Waals surface area contributed by atoms with E-state index in [9.17, 15) is 4.79 Å². The lowest BCUT2D eigenvalue weighted by atomic mass is 10.1. The topological polar surface area (TPSA) is 78.3 Å². The van der Waals surface area contributed by atoms with Gasteiger partial charge in [0.05, 0.1) is 26.0 Å². The fourth-order valence-electron chi connectivity index (χ4n) is 3.89. The molecular weight excluding hydrogens is 344 g/mol. The second kappa shape index (κ2) is 8.08. The van der Waals surface area contributed by atoms with E-state index in [2.05, 4.69) is 15.6 Å². The van der Waals surface area contributed by atoms with Gasteiger partial charge < -0.3 is 14.8 Å². The molecule has 2 aliphatic rings. The number of nitrogens with one attached hydrogen (secondary N) is 1. The van der Waals surface area contributed by atoms with Crippen LogP contribution in [0.2, 0.25) is 0 Å². The monoisotopic (exact) mass is 370 g/mol. The summed E-state index contributed by atoms with van der Waals surface area (Å²) < 4.78 is 13.0. The van der Waals surface area contributed by atoms with Crippen LogP contribution in [0.25, 0.3) is 0 Å². The molecule has 1 aliphatic heterocycles. The number of benzene rings is 1. The molecule has 27 heavy (non-hydrogen) atoms. The van der Waals surface area contributed by atoms with Gasteiger partial charge in [-0.1, -0.05) is 43.0 Å². The standard InChI is InChI=1S/C20H26N4O3/c1-26-16-10-8-14(9-11-16)18-12-24-17(13-27-18)19(22-23-24)20(25)21-15-6-4-2-3-5-7-15/h8-11,15,18H,2-7,12-13H2,1H3,(H,21,25). The van der Waals surface area contributed by atoms with Crippen molar-refractivity contribution in [3.8, 4) is 5.75 Å². The van der Waals surface area contributed by atoms with Crippen molar-refractivity contribution in [2.24, 2.45) is 0 Å². The maximum atomic E-state index is 12.7. The van der Waals surface area contributed by atoms with Gasteiger partial charge in [0.2, 0.25) is 0 Å². The second-order valence-electron chi connectivity index (χ2n) is 7.30. The summed E-state index contributed by atoms with van der Waals surface area (Å²) >= 11 is 0. The average Bonchev–Trinajstić information content (AvgIpc) is 2.97. The summed E-state index contributed by atoms with van der Waals surface area (Å²) in [5.74, 6) is 0.683. The number of amides is 1. The quantitative estimate of drug-likeness (QED) is 0.837. The highest BCUT2D eigenvalue weighted by molar-refractivity contribution is 5.93. The highest BCUT2D eigenvalue weighted by atomic mass is 16.5. The van der Waals surface area contributed by atoms with E-state index >= 15 is 0 Å². The Morgan fingerprint density at radius 1 is 1.19 bits per heavy atom. The molecule has 2 heterocycles. The lowest BCUT2D eigenvalue weighted by Gasteiger charge is -2.24. The van der Waals surface area contributed by atoms with Crippen molar-refractivity contribution in [2.75, 3.05) is 7.11 Å². The molecule has 1 amide bonds. The van der Waals surface area contributed by atoms with E-state index in [-0.39, 0.29) is 18.1 Å². The van der Waals surface area contributed by atoms with E-state index in [4.69, 9.17) is 9.47 Å². The summed E-state index contributed by atoms with van der Waals surface area (Å²) in [4.78, 5) is 12.7. The molecule has 1 aromatic carbocycles. The van der Waals surface area contributed by atoms with E-state index in [0.29, 0.717) is 18.8 Å². The summed E-state index contributed by atoms with van der Waals surface area (Å²) in [6.07, 6.45) is 6.86. The number of rotatable bonds is 4. The van der Waals surface area contributed by atoms with Gasteiger partial charge in [-0.25, -0.2) is 4.68 Å². The Bertz CT molecular complexity index is 779. The Hall–Kier alpha value is -2.41. The molecule has 1 N–H and O–H groups in total. The van der Waals surface area contributed by atoms with Crippen molar-refractivity contribution >= 4 is 5.91 Å². The first kappa shape index (κ1) is 18.0. The van der Waals surface area contributed by atoms with Crippen molar-refractivity contribution < 1.29 is 14.3 Å². The second-order valence-corrected chi connectivity index (χ2v) is 7.30. The fourth-order valence-corrected chi connectivity index (χ4v) is 3.89. The summed E-state index contributed by atoms with van der Waals surface area (Å²) in [5.41, 5.74) is 2.21. The summed E-state index contributed by atoms with van der Waals surface area (Å²) in [7, 11) is 1.65. The third-order valence-corrected chi connectivity index (χ3v) is 5.49. The Kier molecular flexibility index (Phi) is 5.38. The third-order valence-electron chi connectivity index (χ3n) is 5.49. The van der Waals surface area contributed by atoms with Crippen LogP contribution in [0.3, 0.4) is 0 Å². The van der Waals surface area contributed by atoms with Gasteiger partial charge in [0.15, 0.2) is 5.69 Å². The molecule has 7 nitrogen and oxygen atoms in total. The molecule has 1 fully saturated rings. The Morgan fingerprint density at radius 2 is 1.93 bits per heavy atom. The van der Waals surface area contributed by atoms with Crippen molar-refractivity contribution in [1.82, 2.24) is 20.3 Å². The lowest BCUT2D eigenvalue weighted by molar-refractivity contribution is -0.00180. The summed E-state index contributed by atoms with van der Waals surface area (Å²) in [6.45, 7) is 0.877. The smallest absolute Gasteiger partial charge is 0.274 e. The van der Waals surface area contributed by atoms with E-state index in [1.54, 1.807) is 11.8 Å². The highest BCUT2D eigenvalue weighted by Gasteiger charge is 2.28. The average molecular weight is 370 g/mol. The molecule has 1 saturated carbocycles. The number of methoxy groups -OCH3 is 1. The number of nitrogens with zero attached hydrogens (tertiary/aromatic N) is 3. The van der Waals surface area contributed by atoms with Crippen LogP contribution < -0.4 is 10.1 Å². The maximum Gasteiger partial charge on any atom is 0.274 e. The summed E-state index contributed by atoms with van der Waals surface area (Å²) in [5, 5.41) is 11.5. The van der Waals surface area contributed by atoms with Gasteiger partial charge in [0, 0.05) is 6.04 Å². The minimum Gasteiger partial charge on any atom is -0.497 e. The predicted molar refractivity (Wildman–Crippen MR) is 99.5 cm³/mol. The molecular formula is C20H26N4O3. The van der Waals surface area contributed by atoms with Crippen molar-refractivity contribution in [3.63, 3.8) is 0 Å². The van der Waals surface area contributed by atoms with Gasteiger partial charge in [-0.05, 0) is 30.5 Å². The number of ether oxygens (including phenoxy) is 2. The molecule has 0 spiro atoms. The van der Waals surface area contributed by atoms with E-state index < -0.39 is 0 Å². The molecule has 7 heteroatoms. The van der Waals surface area contributed by atoms with Gasteiger partial charge in [-0.15, -0.1) is 5.10 Å². The van der Waals surface area contributed by atoms with Crippen LogP contribution in [0, 0.1) is 0 Å². The number of carbonyl (C=O) groups excluding carboxylic acids is 1.